The van der Waals surface area contributed by atoms with E-state index in [1.165, 1.54) is 11.1 Å². The minimum absolute atomic E-state index is 0.512. The molecule has 0 aliphatic rings. The molecule has 0 saturated heterocycles. The number of methoxy groups -OCH3 is 1. The fourth-order valence-electron chi connectivity index (χ4n) is 2.11. The van der Waals surface area contributed by atoms with Crippen LogP contribution in [-0.2, 0) is 6.42 Å². The van der Waals surface area contributed by atoms with Crippen LogP contribution in [0.3, 0.4) is 0 Å². The highest BCUT2D eigenvalue weighted by Crippen LogP contribution is 2.29. The molecule has 0 aromatic heterocycles. The fraction of sp³-hybridized carbons (Fsp3) is 0.294. The maximum absolute atomic E-state index is 10.2. The van der Waals surface area contributed by atoms with Crippen LogP contribution in [0.4, 0.5) is 0 Å². The maximum atomic E-state index is 10.2. The average molecular weight is 291 g/mol. The molecule has 0 amide bonds. The smallest absolute Gasteiger partial charge is 0.137 e. The van der Waals surface area contributed by atoms with Crippen LogP contribution in [0.15, 0.2) is 42.5 Å². The van der Waals surface area contributed by atoms with Gasteiger partial charge in [-0.2, -0.15) is 0 Å². The number of hydrogen-bond donors (Lipinski definition) is 1. The highest BCUT2D eigenvalue weighted by Gasteiger charge is 2.10. The summed E-state index contributed by atoms with van der Waals surface area (Å²) in [7, 11) is 1.57. The first kappa shape index (κ1) is 14.9. The maximum Gasteiger partial charge on any atom is 0.137 e. The van der Waals surface area contributed by atoms with Crippen LogP contribution >= 0.6 is 11.6 Å². The molecule has 0 aliphatic heterocycles. The molecule has 0 bridgehead atoms. The van der Waals surface area contributed by atoms with E-state index < -0.39 is 6.10 Å². The fourth-order valence-corrected chi connectivity index (χ4v) is 2.30. The lowest BCUT2D eigenvalue weighted by atomic mass is 10.0. The third kappa shape index (κ3) is 3.75. The zero-order valence-electron chi connectivity index (χ0n) is 11.8. The Kier molecular flexibility index (Phi) is 5.05. The van der Waals surface area contributed by atoms with E-state index in [2.05, 4.69) is 31.2 Å². The second-order valence-corrected chi connectivity index (χ2v) is 5.34. The van der Waals surface area contributed by atoms with Crippen molar-refractivity contribution in [3.8, 4) is 5.75 Å². The van der Waals surface area contributed by atoms with Gasteiger partial charge in [0.1, 0.15) is 5.75 Å². The molecule has 0 heterocycles. The molecule has 1 N–H and O–H groups in total. The molecule has 1 atom stereocenters. The third-order valence-electron chi connectivity index (χ3n) is 3.39. The Bertz CT molecular complexity index is 564. The summed E-state index contributed by atoms with van der Waals surface area (Å²) in [6.07, 6.45) is 1.00. The first-order chi connectivity index (χ1) is 9.60. The van der Waals surface area contributed by atoms with Gasteiger partial charge in [0.2, 0.25) is 0 Å². The summed E-state index contributed by atoms with van der Waals surface area (Å²) in [6, 6.07) is 13.8. The number of aliphatic hydroxyl groups is 1. The molecule has 0 aliphatic carbocycles. The second-order valence-electron chi connectivity index (χ2n) is 4.93. The lowest BCUT2D eigenvalue weighted by Gasteiger charge is -2.13. The molecule has 0 spiro atoms. The van der Waals surface area contributed by atoms with Crippen LogP contribution in [0.1, 0.15) is 29.2 Å². The molecule has 2 rings (SSSR count). The van der Waals surface area contributed by atoms with Gasteiger partial charge in [-0.1, -0.05) is 47.5 Å². The van der Waals surface area contributed by atoms with Crippen molar-refractivity contribution in [2.75, 3.05) is 7.11 Å². The largest absolute Gasteiger partial charge is 0.495 e. The molecule has 0 saturated carbocycles. The highest BCUT2D eigenvalue weighted by molar-refractivity contribution is 6.32. The van der Waals surface area contributed by atoms with Crippen molar-refractivity contribution in [2.45, 2.75) is 25.9 Å². The summed E-state index contributed by atoms with van der Waals surface area (Å²) in [5.41, 5.74) is 3.31. The third-order valence-corrected chi connectivity index (χ3v) is 3.70. The molecule has 0 radical (unpaired) electrons. The average Bonchev–Trinajstić information content (AvgIpc) is 2.47. The monoisotopic (exact) mass is 290 g/mol. The normalized spacial score (nSPS) is 12.2. The van der Waals surface area contributed by atoms with Crippen molar-refractivity contribution in [1.82, 2.24) is 0 Å². The van der Waals surface area contributed by atoms with E-state index in [9.17, 15) is 5.11 Å². The van der Waals surface area contributed by atoms with Crippen molar-refractivity contribution in [2.24, 2.45) is 0 Å². The van der Waals surface area contributed by atoms with Gasteiger partial charge in [0.05, 0.1) is 18.2 Å². The highest BCUT2D eigenvalue weighted by atomic mass is 35.5. The number of halogens is 1. The predicted molar refractivity (Wildman–Crippen MR) is 82.5 cm³/mol. The van der Waals surface area contributed by atoms with Gasteiger partial charge in [0, 0.05) is 0 Å². The molecule has 3 heteroatoms. The molecule has 1 unspecified atom stereocenters. The molecule has 2 aromatic carbocycles. The number of aryl methyl sites for hydroxylation is 2. The van der Waals surface area contributed by atoms with Crippen LogP contribution in [0, 0.1) is 6.92 Å². The quantitative estimate of drug-likeness (QED) is 0.888. The number of aliphatic hydroxyl groups excluding tert-OH is 1. The van der Waals surface area contributed by atoms with Gasteiger partial charge in [-0.15, -0.1) is 0 Å². The van der Waals surface area contributed by atoms with Crippen molar-refractivity contribution in [3.05, 3.63) is 64.2 Å². The number of hydrogen-bond acceptors (Lipinski definition) is 2. The number of rotatable bonds is 5. The minimum atomic E-state index is -0.512. The molecule has 2 nitrogen and oxygen atoms in total. The van der Waals surface area contributed by atoms with Crippen molar-refractivity contribution >= 4 is 11.6 Å². The van der Waals surface area contributed by atoms with E-state index in [-0.39, 0.29) is 0 Å². The van der Waals surface area contributed by atoms with Gasteiger partial charge >= 0.3 is 0 Å². The first-order valence-corrected chi connectivity index (χ1v) is 7.05. The Balaban J connectivity index is 2.01. The Hall–Kier alpha value is -1.51. The summed E-state index contributed by atoms with van der Waals surface area (Å²) in [5, 5.41) is 10.8. The van der Waals surface area contributed by atoms with Gasteiger partial charge in [-0.25, -0.2) is 0 Å². The van der Waals surface area contributed by atoms with Crippen LogP contribution in [0.5, 0.6) is 5.75 Å². The summed E-state index contributed by atoms with van der Waals surface area (Å²) in [4.78, 5) is 0. The molecule has 20 heavy (non-hydrogen) atoms. The van der Waals surface area contributed by atoms with Crippen molar-refractivity contribution in [1.29, 1.82) is 0 Å². The summed E-state index contributed by atoms with van der Waals surface area (Å²) in [5.74, 6) is 0.596. The summed E-state index contributed by atoms with van der Waals surface area (Å²) >= 11 is 5.98. The van der Waals surface area contributed by atoms with Crippen LogP contribution in [0.2, 0.25) is 5.02 Å². The van der Waals surface area contributed by atoms with E-state index in [4.69, 9.17) is 16.3 Å². The van der Waals surface area contributed by atoms with Gasteiger partial charge in [0.25, 0.3) is 0 Å². The lowest BCUT2D eigenvalue weighted by molar-refractivity contribution is 0.167. The Labute approximate surface area is 125 Å². The van der Waals surface area contributed by atoms with Crippen LogP contribution in [0.25, 0.3) is 0 Å². The van der Waals surface area contributed by atoms with Crippen molar-refractivity contribution in [3.63, 3.8) is 0 Å². The van der Waals surface area contributed by atoms with Gasteiger partial charge in [0.15, 0.2) is 0 Å². The van der Waals surface area contributed by atoms with Crippen LogP contribution < -0.4 is 4.74 Å². The lowest BCUT2D eigenvalue weighted by Crippen LogP contribution is -2.00. The Morgan fingerprint density at radius 2 is 1.85 bits per heavy atom. The van der Waals surface area contributed by atoms with Gasteiger partial charge < -0.3 is 9.84 Å². The van der Waals surface area contributed by atoms with E-state index >= 15 is 0 Å². The first-order valence-electron chi connectivity index (χ1n) is 6.67. The molecule has 0 fully saturated rings. The van der Waals surface area contributed by atoms with Crippen molar-refractivity contribution < 1.29 is 9.84 Å². The van der Waals surface area contributed by atoms with Gasteiger partial charge in [-0.05, 0) is 43.0 Å². The molecular weight excluding hydrogens is 272 g/mol. The molecular formula is C17H19ClO2. The summed E-state index contributed by atoms with van der Waals surface area (Å²) in [6.45, 7) is 2.07. The second kappa shape index (κ2) is 6.78. The predicted octanol–water partition coefficient (Wildman–Crippen LogP) is 4.32. The van der Waals surface area contributed by atoms with E-state index in [1.807, 2.05) is 6.07 Å². The summed E-state index contributed by atoms with van der Waals surface area (Å²) < 4.78 is 5.17. The van der Waals surface area contributed by atoms with E-state index in [1.54, 1.807) is 19.2 Å². The standard InChI is InChI=1S/C17H19ClO2/c1-12-3-5-13(6-4-12)7-10-16(19)14-8-9-15(18)17(11-14)20-2/h3-6,8-9,11,16,19H,7,10H2,1-2H3. The Morgan fingerprint density at radius 3 is 2.50 bits per heavy atom. The Morgan fingerprint density at radius 1 is 1.15 bits per heavy atom. The van der Waals surface area contributed by atoms with Gasteiger partial charge in [-0.3, -0.25) is 0 Å². The zero-order chi connectivity index (χ0) is 14.5. The van der Waals surface area contributed by atoms with E-state index in [0.717, 1.165) is 12.0 Å². The zero-order valence-corrected chi connectivity index (χ0v) is 12.5. The SMILES string of the molecule is COc1cc(C(O)CCc2ccc(C)cc2)ccc1Cl. The van der Waals surface area contributed by atoms with E-state index in [0.29, 0.717) is 17.2 Å². The molecule has 106 valence electrons. The molecule has 2 aromatic rings. The van der Waals surface area contributed by atoms with Crippen LogP contribution in [-0.4, -0.2) is 12.2 Å². The topological polar surface area (TPSA) is 29.5 Å². The number of benzene rings is 2. The number of ether oxygens (including phenoxy) is 1. The minimum Gasteiger partial charge on any atom is -0.495 e.